The number of hydrogen-bond acceptors (Lipinski definition) is 3. The molecule has 2 N–H and O–H groups in total. The number of pyridine rings is 1. The van der Waals surface area contributed by atoms with Crippen LogP contribution in [0.1, 0.15) is 42.6 Å². The summed E-state index contributed by atoms with van der Waals surface area (Å²) in [4.78, 5) is 16.3. The smallest absolute Gasteiger partial charge is 0.269 e. The molecule has 136 valence electrons. The fraction of sp³-hybridized carbons (Fsp3) is 0.300. The van der Waals surface area contributed by atoms with Crippen molar-refractivity contribution in [2.24, 2.45) is 0 Å². The molecule has 0 bridgehead atoms. The average Bonchev–Trinajstić information content (AvgIpc) is 2.66. The highest BCUT2D eigenvalue weighted by atomic mass is 19.2. The molecule has 2 aromatic rings. The van der Waals surface area contributed by atoms with E-state index in [1.54, 1.807) is 12.1 Å². The Labute approximate surface area is 151 Å². The molecule has 0 radical (unpaired) electrons. The third-order valence-electron chi connectivity index (χ3n) is 4.32. The molecule has 1 amide bonds. The van der Waals surface area contributed by atoms with E-state index in [2.05, 4.69) is 21.7 Å². The van der Waals surface area contributed by atoms with E-state index in [4.69, 9.17) is 0 Å². The molecule has 1 heterocycles. The van der Waals surface area contributed by atoms with E-state index in [9.17, 15) is 13.6 Å². The fourth-order valence-corrected chi connectivity index (χ4v) is 2.90. The van der Waals surface area contributed by atoms with Crippen LogP contribution < -0.4 is 10.6 Å². The fourth-order valence-electron chi connectivity index (χ4n) is 2.90. The minimum Gasteiger partial charge on any atom is -0.354 e. The molecule has 0 fully saturated rings. The van der Waals surface area contributed by atoms with E-state index in [-0.39, 0.29) is 5.91 Å². The molecule has 1 aliphatic carbocycles. The van der Waals surface area contributed by atoms with Crippen molar-refractivity contribution >= 4 is 17.3 Å². The predicted molar refractivity (Wildman–Crippen MR) is 97.4 cm³/mol. The molecule has 1 aromatic heterocycles. The van der Waals surface area contributed by atoms with Crippen molar-refractivity contribution in [3.63, 3.8) is 0 Å². The van der Waals surface area contributed by atoms with E-state index < -0.39 is 11.6 Å². The van der Waals surface area contributed by atoms with E-state index in [0.717, 1.165) is 31.4 Å². The normalized spacial score (nSPS) is 13.8. The lowest BCUT2D eigenvalue weighted by atomic mass is 9.97. The minimum atomic E-state index is -0.924. The summed E-state index contributed by atoms with van der Waals surface area (Å²) in [7, 11) is 0. The van der Waals surface area contributed by atoms with Crippen LogP contribution in [0, 0.1) is 11.6 Å². The molecule has 0 saturated heterocycles. The monoisotopic (exact) mass is 357 g/mol. The maximum atomic E-state index is 13.2. The summed E-state index contributed by atoms with van der Waals surface area (Å²) in [5.74, 6) is -2.04. The number of hydrogen-bond donors (Lipinski definition) is 2. The number of anilines is 2. The molecular weight excluding hydrogens is 336 g/mol. The number of aromatic nitrogens is 1. The zero-order chi connectivity index (χ0) is 18.4. The van der Waals surface area contributed by atoms with Gasteiger partial charge in [0.25, 0.3) is 5.91 Å². The molecule has 0 spiro atoms. The van der Waals surface area contributed by atoms with Crippen molar-refractivity contribution in [3.05, 3.63) is 65.5 Å². The van der Waals surface area contributed by atoms with Crippen molar-refractivity contribution < 1.29 is 13.6 Å². The van der Waals surface area contributed by atoms with Crippen LogP contribution in [0.4, 0.5) is 20.2 Å². The van der Waals surface area contributed by atoms with E-state index in [1.165, 1.54) is 30.7 Å². The molecule has 0 aliphatic heterocycles. The highest BCUT2D eigenvalue weighted by Gasteiger charge is 2.09. The average molecular weight is 357 g/mol. The second-order valence-electron chi connectivity index (χ2n) is 6.30. The number of benzene rings is 1. The second-order valence-corrected chi connectivity index (χ2v) is 6.30. The lowest BCUT2D eigenvalue weighted by Crippen LogP contribution is -2.25. The Kier molecular flexibility index (Phi) is 5.94. The summed E-state index contributed by atoms with van der Waals surface area (Å²) in [6.07, 6.45) is 9.38. The van der Waals surface area contributed by atoms with E-state index in [0.29, 0.717) is 23.6 Å². The zero-order valence-electron chi connectivity index (χ0n) is 14.4. The van der Waals surface area contributed by atoms with Crippen molar-refractivity contribution in [1.29, 1.82) is 0 Å². The van der Waals surface area contributed by atoms with Crippen LogP contribution in [0.3, 0.4) is 0 Å². The number of nitrogens with zero attached hydrogens (tertiary/aromatic N) is 1. The van der Waals surface area contributed by atoms with Gasteiger partial charge in [0, 0.05) is 18.3 Å². The zero-order valence-corrected chi connectivity index (χ0v) is 14.4. The maximum Gasteiger partial charge on any atom is 0.269 e. The predicted octanol–water partition coefficient (Wildman–Crippen LogP) is 4.72. The quantitative estimate of drug-likeness (QED) is 0.735. The van der Waals surface area contributed by atoms with Crippen LogP contribution in [0.25, 0.3) is 0 Å². The molecule has 1 aromatic carbocycles. The first kappa shape index (κ1) is 18.0. The van der Waals surface area contributed by atoms with Gasteiger partial charge in [-0.3, -0.25) is 4.79 Å². The van der Waals surface area contributed by atoms with Crippen LogP contribution in [0.2, 0.25) is 0 Å². The van der Waals surface area contributed by atoms with Crippen LogP contribution >= 0.6 is 0 Å². The van der Waals surface area contributed by atoms with Crippen LogP contribution in [0.15, 0.2) is 48.2 Å². The van der Waals surface area contributed by atoms with Gasteiger partial charge in [-0.1, -0.05) is 11.6 Å². The third-order valence-corrected chi connectivity index (χ3v) is 4.32. The Morgan fingerprint density at radius 1 is 1.08 bits per heavy atom. The summed E-state index contributed by atoms with van der Waals surface area (Å²) < 4.78 is 26.2. The van der Waals surface area contributed by atoms with Gasteiger partial charge in [-0.05, 0) is 56.4 Å². The summed E-state index contributed by atoms with van der Waals surface area (Å²) >= 11 is 0. The Bertz CT molecular complexity index is 803. The highest BCUT2D eigenvalue weighted by Crippen LogP contribution is 2.20. The van der Waals surface area contributed by atoms with Crippen LogP contribution in [-0.4, -0.2) is 17.4 Å². The highest BCUT2D eigenvalue weighted by molar-refractivity contribution is 5.92. The molecule has 26 heavy (non-hydrogen) atoms. The number of carbonyl (C=O) groups is 1. The van der Waals surface area contributed by atoms with Gasteiger partial charge in [0.2, 0.25) is 0 Å². The summed E-state index contributed by atoms with van der Waals surface area (Å²) in [6, 6.07) is 6.81. The van der Waals surface area contributed by atoms with E-state index in [1.807, 2.05) is 0 Å². The van der Waals surface area contributed by atoms with E-state index >= 15 is 0 Å². The van der Waals surface area contributed by atoms with Crippen molar-refractivity contribution in [3.8, 4) is 0 Å². The van der Waals surface area contributed by atoms with Crippen LogP contribution in [-0.2, 0) is 0 Å². The van der Waals surface area contributed by atoms with Gasteiger partial charge in [-0.25, -0.2) is 13.8 Å². The molecule has 0 saturated carbocycles. The molecule has 4 nitrogen and oxygen atoms in total. The maximum absolute atomic E-state index is 13.2. The summed E-state index contributed by atoms with van der Waals surface area (Å²) in [6.45, 7) is 0.598. The topological polar surface area (TPSA) is 54.0 Å². The third kappa shape index (κ3) is 4.88. The summed E-state index contributed by atoms with van der Waals surface area (Å²) in [5, 5.41) is 5.79. The van der Waals surface area contributed by atoms with Crippen molar-refractivity contribution in [2.45, 2.75) is 32.1 Å². The lowest BCUT2D eigenvalue weighted by Gasteiger charge is -2.13. The van der Waals surface area contributed by atoms with Gasteiger partial charge in [0.15, 0.2) is 11.6 Å². The first-order valence-corrected chi connectivity index (χ1v) is 8.76. The lowest BCUT2D eigenvalue weighted by molar-refractivity contribution is 0.0949. The largest absolute Gasteiger partial charge is 0.354 e. The number of halogens is 2. The first-order valence-electron chi connectivity index (χ1n) is 8.76. The molecule has 0 unspecified atom stereocenters. The SMILES string of the molecule is O=C(NCCC1=CCCCC1)c1ccc(Nc2ccc(F)c(F)c2)cn1. The van der Waals surface area contributed by atoms with Gasteiger partial charge < -0.3 is 10.6 Å². The Morgan fingerprint density at radius 2 is 1.92 bits per heavy atom. The molecule has 0 atom stereocenters. The first-order chi connectivity index (χ1) is 12.6. The summed E-state index contributed by atoms with van der Waals surface area (Å²) in [5.41, 5.74) is 2.72. The second kappa shape index (κ2) is 8.56. The minimum absolute atomic E-state index is 0.221. The van der Waals surface area contributed by atoms with Crippen molar-refractivity contribution in [2.75, 3.05) is 11.9 Å². The standard InChI is InChI=1S/C20H21F2N3O/c21-17-8-6-15(12-18(17)22)25-16-7-9-19(24-13-16)20(26)23-11-10-14-4-2-1-3-5-14/h4,6-9,12-13,25H,1-3,5,10-11H2,(H,23,26). The Morgan fingerprint density at radius 3 is 2.62 bits per heavy atom. The van der Waals surface area contributed by atoms with Gasteiger partial charge in [-0.15, -0.1) is 0 Å². The van der Waals surface area contributed by atoms with Gasteiger partial charge in [0.1, 0.15) is 5.69 Å². The van der Waals surface area contributed by atoms with Gasteiger partial charge in [0.05, 0.1) is 11.9 Å². The number of nitrogens with one attached hydrogen (secondary N) is 2. The van der Waals surface area contributed by atoms with Gasteiger partial charge in [-0.2, -0.15) is 0 Å². The molecule has 3 rings (SSSR count). The molecule has 6 heteroatoms. The molecule has 1 aliphatic rings. The number of amides is 1. The number of carbonyl (C=O) groups excluding carboxylic acids is 1. The van der Waals surface area contributed by atoms with Crippen LogP contribution in [0.5, 0.6) is 0 Å². The Hall–Kier alpha value is -2.76. The van der Waals surface area contributed by atoms with Gasteiger partial charge >= 0.3 is 0 Å². The number of rotatable bonds is 6. The molecular formula is C20H21F2N3O. The van der Waals surface area contributed by atoms with Crippen molar-refractivity contribution in [1.82, 2.24) is 10.3 Å². The Balaban J connectivity index is 1.52. The number of allylic oxidation sites excluding steroid dienone is 1.